The number of hydrogen-bond donors (Lipinski definition) is 0. The Hall–Kier alpha value is -1.09. The molecule has 0 aliphatic rings. The van der Waals surface area contributed by atoms with E-state index in [1.165, 1.54) is 16.7 Å². The van der Waals surface area contributed by atoms with Crippen LogP contribution < -0.4 is 0 Å². The zero-order valence-electron chi connectivity index (χ0n) is 10.0. The standard InChI is InChI=1S/C13H15BrN2/c1-8-5-6-11(7-9(8)2)13-12(14)10(3)16(4)15-13/h5-7H,1-4H3. The molecule has 3 heteroatoms. The van der Waals surface area contributed by atoms with Crippen molar-refractivity contribution in [1.29, 1.82) is 0 Å². The first-order valence-corrected chi connectivity index (χ1v) is 6.06. The number of hydrogen-bond acceptors (Lipinski definition) is 1. The first kappa shape index (κ1) is 11.4. The van der Waals surface area contributed by atoms with Crippen molar-refractivity contribution in [1.82, 2.24) is 9.78 Å². The van der Waals surface area contributed by atoms with E-state index in [0.717, 1.165) is 15.9 Å². The number of rotatable bonds is 1. The molecule has 0 radical (unpaired) electrons. The van der Waals surface area contributed by atoms with Crippen molar-refractivity contribution in [3.05, 3.63) is 39.5 Å². The van der Waals surface area contributed by atoms with Gasteiger partial charge in [-0.2, -0.15) is 5.10 Å². The quantitative estimate of drug-likeness (QED) is 0.777. The monoisotopic (exact) mass is 278 g/mol. The van der Waals surface area contributed by atoms with Crippen molar-refractivity contribution in [3.63, 3.8) is 0 Å². The van der Waals surface area contributed by atoms with Gasteiger partial charge >= 0.3 is 0 Å². The Morgan fingerprint density at radius 2 is 1.81 bits per heavy atom. The Bertz CT molecular complexity index is 541. The molecule has 0 aliphatic carbocycles. The van der Waals surface area contributed by atoms with E-state index in [1.54, 1.807) is 0 Å². The van der Waals surface area contributed by atoms with Gasteiger partial charge in [-0.3, -0.25) is 4.68 Å². The van der Waals surface area contributed by atoms with E-state index < -0.39 is 0 Å². The van der Waals surface area contributed by atoms with Crippen molar-refractivity contribution in [2.24, 2.45) is 7.05 Å². The maximum Gasteiger partial charge on any atom is 0.107 e. The highest BCUT2D eigenvalue weighted by atomic mass is 79.9. The molecule has 0 N–H and O–H groups in total. The second-order valence-electron chi connectivity index (χ2n) is 4.17. The lowest BCUT2D eigenvalue weighted by atomic mass is 10.0. The predicted molar refractivity (Wildman–Crippen MR) is 70.6 cm³/mol. The van der Waals surface area contributed by atoms with Crippen LogP contribution in [0.3, 0.4) is 0 Å². The van der Waals surface area contributed by atoms with Crippen LogP contribution in [0.1, 0.15) is 16.8 Å². The van der Waals surface area contributed by atoms with E-state index in [1.807, 2.05) is 11.7 Å². The third kappa shape index (κ3) is 1.80. The highest BCUT2D eigenvalue weighted by Crippen LogP contribution is 2.30. The van der Waals surface area contributed by atoms with Crippen molar-refractivity contribution in [2.45, 2.75) is 20.8 Å². The molecule has 0 saturated heterocycles. The smallest absolute Gasteiger partial charge is 0.107 e. The van der Waals surface area contributed by atoms with Crippen LogP contribution >= 0.6 is 15.9 Å². The van der Waals surface area contributed by atoms with Gasteiger partial charge in [0.2, 0.25) is 0 Å². The van der Waals surface area contributed by atoms with Gasteiger partial charge in [-0.05, 0) is 53.9 Å². The molecule has 0 saturated carbocycles. The minimum Gasteiger partial charge on any atom is -0.271 e. The van der Waals surface area contributed by atoms with Crippen molar-refractivity contribution in [3.8, 4) is 11.3 Å². The number of benzene rings is 1. The molecule has 0 spiro atoms. The number of aromatic nitrogens is 2. The molecule has 0 aliphatic heterocycles. The fourth-order valence-electron chi connectivity index (χ4n) is 1.66. The Kier molecular flexibility index (Phi) is 2.89. The average Bonchev–Trinajstić information content (AvgIpc) is 2.50. The normalized spacial score (nSPS) is 10.8. The van der Waals surface area contributed by atoms with E-state index in [0.29, 0.717) is 0 Å². The van der Waals surface area contributed by atoms with Crippen molar-refractivity contribution in [2.75, 3.05) is 0 Å². The molecule has 0 atom stereocenters. The molecule has 0 fully saturated rings. The highest BCUT2D eigenvalue weighted by molar-refractivity contribution is 9.10. The van der Waals surface area contributed by atoms with Gasteiger partial charge in [-0.1, -0.05) is 12.1 Å². The third-order valence-electron chi connectivity index (χ3n) is 3.04. The summed E-state index contributed by atoms with van der Waals surface area (Å²) < 4.78 is 2.98. The van der Waals surface area contributed by atoms with Gasteiger partial charge < -0.3 is 0 Å². The van der Waals surface area contributed by atoms with Crippen LogP contribution in [-0.4, -0.2) is 9.78 Å². The van der Waals surface area contributed by atoms with E-state index in [4.69, 9.17) is 0 Å². The molecular weight excluding hydrogens is 264 g/mol. The number of nitrogens with zero attached hydrogens (tertiary/aromatic N) is 2. The van der Waals surface area contributed by atoms with Gasteiger partial charge in [0, 0.05) is 18.3 Å². The summed E-state index contributed by atoms with van der Waals surface area (Å²) in [5.74, 6) is 0. The summed E-state index contributed by atoms with van der Waals surface area (Å²) in [4.78, 5) is 0. The van der Waals surface area contributed by atoms with E-state index >= 15 is 0 Å². The van der Waals surface area contributed by atoms with Crippen molar-refractivity contribution < 1.29 is 0 Å². The van der Waals surface area contributed by atoms with Crippen LogP contribution in [0.4, 0.5) is 0 Å². The van der Waals surface area contributed by atoms with Crippen LogP contribution in [0.25, 0.3) is 11.3 Å². The molecule has 2 aromatic rings. The number of aryl methyl sites for hydroxylation is 3. The molecule has 1 aromatic carbocycles. The molecular formula is C13H15BrN2. The SMILES string of the molecule is Cc1ccc(-c2nn(C)c(C)c2Br)cc1C. The summed E-state index contributed by atoms with van der Waals surface area (Å²) in [6, 6.07) is 6.44. The van der Waals surface area contributed by atoms with E-state index in [2.05, 4.69) is 60.0 Å². The Labute approximate surface area is 104 Å². The van der Waals surface area contributed by atoms with E-state index in [9.17, 15) is 0 Å². The van der Waals surface area contributed by atoms with Crippen LogP contribution in [0.15, 0.2) is 22.7 Å². The second kappa shape index (κ2) is 4.06. The first-order valence-electron chi connectivity index (χ1n) is 5.27. The molecule has 0 unspecified atom stereocenters. The lowest BCUT2D eigenvalue weighted by Crippen LogP contribution is -1.92. The fourth-order valence-corrected chi connectivity index (χ4v) is 2.22. The largest absolute Gasteiger partial charge is 0.271 e. The lowest BCUT2D eigenvalue weighted by Gasteiger charge is -2.03. The maximum atomic E-state index is 4.52. The van der Waals surface area contributed by atoms with Gasteiger partial charge in [-0.15, -0.1) is 0 Å². The molecule has 1 aromatic heterocycles. The van der Waals surface area contributed by atoms with Crippen LogP contribution in [0, 0.1) is 20.8 Å². The van der Waals surface area contributed by atoms with E-state index in [-0.39, 0.29) is 0 Å². The Balaban J connectivity index is 2.59. The number of halogens is 1. The topological polar surface area (TPSA) is 17.8 Å². The van der Waals surface area contributed by atoms with Gasteiger partial charge in [0.1, 0.15) is 5.69 Å². The fraction of sp³-hybridized carbons (Fsp3) is 0.308. The van der Waals surface area contributed by atoms with Crippen LogP contribution in [0.2, 0.25) is 0 Å². The van der Waals surface area contributed by atoms with Crippen LogP contribution in [0.5, 0.6) is 0 Å². The Morgan fingerprint density at radius 3 is 2.31 bits per heavy atom. The third-order valence-corrected chi connectivity index (χ3v) is 3.99. The molecule has 84 valence electrons. The molecule has 0 amide bonds. The summed E-state index contributed by atoms with van der Waals surface area (Å²) in [5.41, 5.74) is 5.94. The molecule has 2 rings (SSSR count). The summed E-state index contributed by atoms with van der Waals surface area (Å²) in [5, 5.41) is 4.52. The molecule has 0 bridgehead atoms. The minimum absolute atomic E-state index is 1.02. The van der Waals surface area contributed by atoms with Gasteiger partial charge in [-0.25, -0.2) is 0 Å². The molecule has 2 nitrogen and oxygen atoms in total. The zero-order valence-corrected chi connectivity index (χ0v) is 11.6. The lowest BCUT2D eigenvalue weighted by molar-refractivity contribution is 0.742. The molecule has 16 heavy (non-hydrogen) atoms. The Morgan fingerprint density at radius 1 is 1.12 bits per heavy atom. The second-order valence-corrected chi connectivity index (χ2v) is 4.96. The average molecular weight is 279 g/mol. The minimum atomic E-state index is 1.02. The van der Waals surface area contributed by atoms with Crippen LogP contribution in [-0.2, 0) is 7.05 Å². The molecule has 1 heterocycles. The highest BCUT2D eigenvalue weighted by Gasteiger charge is 2.12. The zero-order chi connectivity index (χ0) is 11.9. The maximum absolute atomic E-state index is 4.52. The van der Waals surface area contributed by atoms with Gasteiger partial charge in [0.15, 0.2) is 0 Å². The predicted octanol–water partition coefficient (Wildman–Crippen LogP) is 3.77. The van der Waals surface area contributed by atoms with Gasteiger partial charge in [0.05, 0.1) is 4.47 Å². The summed E-state index contributed by atoms with van der Waals surface area (Å²) in [6.45, 7) is 6.31. The van der Waals surface area contributed by atoms with Crippen molar-refractivity contribution >= 4 is 15.9 Å². The first-order chi connectivity index (χ1) is 7.50. The van der Waals surface area contributed by atoms with Gasteiger partial charge in [0.25, 0.3) is 0 Å². The summed E-state index contributed by atoms with van der Waals surface area (Å²) in [7, 11) is 1.96. The summed E-state index contributed by atoms with van der Waals surface area (Å²) in [6.07, 6.45) is 0. The summed E-state index contributed by atoms with van der Waals surface area (Å²) >= 11 is 3.60.